The fourth-order valence-electron chi connectivity index (χ4n) is 2.05. The van der Waals surface area contributed by atoms with Crippen LogP contribution >= 0.6 is 0 Å². The van der Waals surface area contributed by atoms with Crippen molar-refractivity contribution in [3.05, 3.63) is 28.2 Å². The molecule has 0 aliphatic carbocycles. The van der Waals surface area contributed by atoms with E-state index in [1.807, 2.05) is 4.98 Å². The number of nitrogens with one attached hydrogen (secondary N) is 3. The molecule has 1 amide bonds. The number of piperidine rings is 1. The molecule has 0 bridgehead atoms. The largest absolute Gasteiger partial charge is 0.417 e. The fraction of sp³-hybridized carbons (Fsp3) is 0.500. The third kappa shape index (κ3) is 3.38. The Bertz CT molecular complexity index is 548. The molecule has 2 heterocycles. The van der Waals surface area contributed by atoms with Crippen LogP contribution in [0.1, 0.15) is 18.4 Å². The molecule has 0 aromatic carbocycles. The molecule has 8 heteroatoms. The third-order valence-corrected chi connectivity index (χ3v) is 3.16. The van der Waals surface area contributed by atoms with Crippen LogP contribution in [-0.2, 0) is 11.0 Å². The van der Waals surface area contributed by atoms with Crippen molar-refractivity contribution in [2.24, 2.45) is 5.92 Å². The van der Waals surface area contributed by atoms with Crippen LogP contribution in [0.5, 0.6) is 0 Å². The van der Waals surface area contributed by atoms with E-state index in [4.69, 9.17) is 0 Å². The Balaban J connectivity index is 2.16. The van der Waals surface area contributed by atoms with E-state index in [0.29, 0.717) is 25.2 Å². The van der Waals surface area contributed by atoms with Gasteiger partial charge in [-0.05, 0) is 25.5 Å². The van der Waals surface area contributed by atoms with Crippen LogP contribution in [0.3, 0.4) is 0 Å². The molecular weight excluding hydrogens is 275 g/mol. The van der Waals surface area contributed by atoms with Gasteiger partial charge in [-0.1, -0.05) is 0 Å². The van der Waals surface area contributed by atoms with Gasteiger partial charge in [-0.25, -0.2) is 0 Å². The Morgan fingerprint density at radius 1 is 1.40 bits per heavy atom. The van der Waals surface area contributed by atoms with E-state index in [-0.39, 0.29) is 11.6 Å². The molecule has 0 radical (unpaired) electrons. The number of halogens is 3. The molecule has 1 aromatic heterocycles. The van der Waals surface area contributed by atoms with Gasteiger partial charge in [0.1, 0.15) is 5.69 Å². The molecule has 1 aliphatic heterocycles. The number of carbonyl (C=O) groups excluding carboxylic acids is 1. The molecule has 1 aliphatic rings. The molecule has 1 aromatic rings. The second kappa shape index (κ2) is 5.66. The van der Waals surface area contributed by atoms with Gasteiger partial charge in [0, 0.05) is 12.7 Å². The Labute approximate surface area is 112 Å². The standard InChI is InChI=1S/C12H14F3N3O2/c13-12(14,15)8-4-9(11(20)17-6-8)18-10(19)7-2-1-3-16-5-7/h4,6-7,16H,1-3,5H2,(H,17,20)(H,18,19)/t7-/m0/s1. The minimum Gasteiger partial charge on any atom is -0.327 e. The number of pyridine rings is 1. The minimum atomic E-state index is -4.57. The lowest BCUT2D eigenvalue weighted by atomic mass is 9.99. The second-order valence-corrected chi connectivity index (χ2v) is 4.66. The summed E-state index contributed by atoms with van der Waals surface area (Å²) >= 11 is 0. The summed E-state index contributed by atoms with van der Waals surface area (Å²) in [5.74, 6) is -0.778. The number of aromatic nitrogens is 1. The van der Waals surface area contributed by atoms with Gasteiger partial charge in [-0.3, -0.25) is 9.59 Å². The quantitative estimate of drug-likeness (QED) is 0.769. The van der Waals surface area contributed by atoms with Crippen molar-refractivity contribution in [1.82, 2.24) is 10.3 Å². The number of aromatic amines is 1. The summed E-state index contributed by atoms with van der Waals surface area (Å²) in [6.45, 7) is 1.27. The monoisotopic (exact) mass is 289 g/mol. The van der Waals surface area contributed by atoms with Crippen molar-refractivity contribution >= 4 is 11.6 Å². The zero-order chi connectivity index (χ0) is 14.8. The summed E-state index contributed by atoms with van der Waals surface area (Å²) in [6.07, 6.45) is -2.52. The number of alkyl halides is 3. The van der Waals surface area contributed by atoms with Crippen LogP contribution in [0.2, 0.25) is 0 Å². The molecule has 110 valence electrons. The summed E-state index contributed by atoms with van der Waals surface area (Å²) < 4.78 is 37.6. The fourth-order valence-corrected chi connectivity index (χ4v) is 2.05. The lowest BCUT2D eigenvalue weighted by Crippen LogP contribution is -2.38. The van der Waals surface area contributed by atoms with Gasteiger partial charge in [0.2, 0.25) is 5.91 Å². The highest BCUT2D eigenvalue weighted by atomic mass is 19.4. The number of hydrogen-bond acceptors (Lipinski definition) is 3. The highest BCUT2D eigenvalue weighted by molar-refractivity contribution is 5.92. The Kier molecular flexibility index (Phi) is 4.12. The van der Waals surface area contributed by atoms with Gasteiger partial charge in [0.05, 0.1) is 11.5 Å². The summed E-state index contributed by atoms with van der Waals surface area (Å²) in [7, 11) is 0. The Morgan fingerprint density at radius 3 is 2.75 bits per heavy atom. The van der Waals surface area contributed by atoms with E-state index in [9.17, 15) is 22.8 Å². The third-order valence-electron chi connectivity index (χ3n) is 3.16. The van der Waals surface area contributed by atoms with Crippen LogP contribution in [0.4, 0.5) is 18.9 Å². The van der Waals surface area contributed by atoms with Crippen LogP contribution in [0, 0.1) is 5.92 Å². The van der Waals surface area contributed by atoms with Gasteiger partial charge >= 0.3 is 6.18 Å². The zero-order valence-corrected chi connectivity index (χ0v) is 10.5. The first-order valence-corrected chi connectivity index (χ1v) is 6.19. The minimum absolute atomic E-state index is 0.335. The number of carbonyl (C=O) groups is 1. The van der Waals surface area contributed by atoms with E-state index in [1.54, 1.807) is 0 Å². The highest BCUT2D eigenvalue weighted by Crippen LogP contribution is 2.29. The lowest BCUT2D eigenvalue weighted by Gasteiger charge is -2.21. The van der Waals surface area contributed by atoms with Crippen molar-refractivity contribution in [2.75, 3.05) is 18.4 Å². The summed E-state index contributed by atoms with van der Waals surface area (Å²) in [4.78, 5) is 25.3. The molecule has 1 atom stereocenters. The van der Waals surface area contributed by atoms with Crippen molar-refractivity contribution in [3.63, 3.8) is 0 Å². The number of amides is 1. The lowest BCUT2D eigenvalue weighted by molar-refractivity contribution is -0.137. The van der Waals surface area contributed by atoms with Crippen LogP contribution in [0.15, 0.2) is 17.1 Å². The maximum Gasteiger partial charge on any atom is 0.417 e. The Hall–Kier alpha value is -1.83. The van der Waals surface area contributed by atoms with Crippen LogP contribution in [0.25, 0.3) is 0 Å². The normalized spacial score (nSPS) is 19.6. The van der Waals surface area contributed by atoms with Gasteiger partial charge in [0.25, 0.3) is 5.56 Å². The average Bonchev–Trinajstić information content (AvgIpc) is 2.41. The van der Waals surface area contributed by atoms with Crippen molar-refractivity contribution in [2.45, 2.75) is 19.0 Å². The zero-order valence-electron chi connectivity index (χ0n) is 10.5. The second-order valence-electron chi connectivity index (χ2n) is 4.66. The molecule has 3 N–H and O–H groups in total. The number of rotatable bonds is 2. The molecule has 20 heavy (non-hydrogen) atoms. The van der Waals surface area contributed by atoms with Gasteiger partial charge in [-0.15, -0.1) is 0 Å². The van der Waals surface area contributed by atoms with Crippen LogP contribution < -0.4 is 16.2 Å². The van der Waals surface area contributed by atoms with E-state index in [1.165, 1.54) is 0 Å². The van der Waals surface area contributed by atoms with Crippen molar-refractivity contribution in [1.29, 1.82) is 0 Å². The average molecular weight is 289 g/mol. The Morgan fingerprint density at radius 2 is 2.15 bits per heavy atom. The van der Waals surface area contributed by atoms with Crippen LogP contribution in [-0.4, -0.2) is 24.0 Å². The maximum absolute atomic E-state index is 12.5. The topological polar surface area (TPSA) is 74.0 Å². The van der Waals surface area contributed by atoms with Gasteiger partial charge in [-0.2, -0.15) is 13.2 Å². The first-order chi connectivity index (χ1) is 9.38. The van der Waals surface area contributed by atoms with E-state index in [0.717, 1.165) is 13.0 Å². The molecule has 1 fully saturated rings. The number of hydrogen-bond donors (Lipinski definition) is 3. The molecule has 0 unspecified atom stereocenters. The SMILES string of the molecule is O=C(Nc1cc(C(F)(F)F)c[nH]c1=O)[C@H]1CCCNC1. The smallest absolute Gasteiger partial charge is 0.327 e. The summed E-state index contributed by atoms with van der Waals surface area (Å²) in [6, 6.07) is 0.646. The van der Waals surface area contributed by atoms with E-state index < -0.39 is 23.2 Å². The predicted molar refractivity (Wildman–Crippen MR) is 66.3 cm³/mol. The molecule has 2 rings (SSSR count). The summed E-state index contributed by atoms with van der Waals surface area (Å²) in [5, 5.41) is 5.29. The molecular formula is C12H14F3N3O2. The van der Waals surface area contributed by atoms with Crippen molar-refractivity contribution in [3.8, 4) is 0 Å². The van der Waals surface area contributed by atoms with Gasteiger partial charge < -0.3 is 15.6 Å². The number of H-pyrrole nitrogens is 1. The van der Waals surface area contributed by atoms with Crippen molar-refractivity contribution < 1.29 is 18.0 Å². The first kappa shape index (κ1) is 14.6. The molecule has 1 saturated heterocycles. The van der Waals surface area contributed by atoms with E-state index in [2.05, 4.69) is 10.6 Å². The molecule has 0 saturated carbocycles. The number of anilines is 1. The van der Waals surface area contributed by atoms with E-state index >= 15 is 0 Å². The summed E-state index contributed by atoms with van der Waals surface area (Å²) in [5.41, 5.74) is -2.14. The molecule has 5 nitrogen and oxygen atoms in total. The first-order valence-electron chi connectivity index (χ1n) is 6.19. The maximum atomic E-state index is 12.5. The molecule has 0 spiro atoms. The highest BCUT2D eigenvalue weighted by Gasteiger charge is 2.32. The predicted octanol–water partition coefficient (Wildman–Crippen LogP) is 1.33. The van der Waals surface area contributed by atoms with Gasteiger partial charge in [0.15, 0.2) is 0 Å².